The zero-order valence-electron chi connectivity index (χ0n) is 15.9. The van der Waals surface area contributed by atoms with Crippen molar-refractivity contribution in [2.45, 2.75) is 25.2 Å². The van der Waals surface area contributed by atoms with Gasteiger partial charge in [-0.2, -0.15) is 0 Å². The molecule has 4 rings (SSSR count). The normalized spacial score (nSPS) is 22.7. The third kappa shape index (κ3) is 3.77. The van der Waals surface area contributed by atoms with Crippen LogP contribution in [-0.4, -0.2) is 48.9 Å². The Morgan fingerprint density at radius 1 is 1.04 bits per heavy atom. The fraction of sp³-hybridized carbons (Fsp3) is 0.435. The maximum absolute atomic E-state index is 14.0. The average Bonchev–Trinajstić information content (AvgIpc) is 2.68. The van der Waals surface area contributed by atoms with Gasteiger partial charge in [-0.25, -0.2) is 4.39 Å². The first-order chi connectivity index (χ1) is 13.1. The maximum atomic E-state index is 14.0. The van der Waals surface area contributed by atoms with E-state index in [4.69, 9.17) is 0 Å². The molecule has 0 N–H and O–H groups in total. The highest BCUT2D eigenvalue weighted by atomic mass is 19.1. The zero-order chi connectivity index (χ0) is 18.9. The molecule has 0 saturated carbocycles. The van der Waals surface area contributed by atoms with Gasteiger partial charge in [0.05, 0.1) is 5.56 Å². The summed E-state index contributed by atoms with van der Waals surface area (Å²) in [7, 11) is 2.20. The molecule has 2 aromatic carbocycles. The van der Waals surface area contributed by atoms with Crippen molar-refractivity contribution >= 4 is 5.91 Å². The number of nitrogens with zero attached hydrogens (tertiary/aromatic N) is 2. The van der Waals surface area contributed by atoms with Crippen molar-refractivity contribution in [2.24, 2.45) is 5.41 Å². The largest absolute Gasteiger partial charge is 0.339 e. The molecule has 0 radical (unpaired) electrons. The second-order valence-corrected chi connectivity index (χ2v) is 8.28. The highest BCUT2D eigenvalue weighted by molar-refractivity contribution is 5.94. The minimum Gasteiger partial charge on any atom is -0.339 e. The first kappa shape index (κ1) is 18.2. The minimum absolute atomic E-state index is 0.174. The molecule has 2 fully saturated rings. The number of carbonyl (C=O) groups is 1. The molecule has 1 spiro atoms. The Kier molecular flexibility index (Phi) is 5.00. The van der Waals surface area contributed by atoms with E-state index in [1.54, 1.807) is 18.2 Å². The van der Waals surface area contributed by atoms with Crippen LogP contribution in [-0.2, 0) is 0 Å². The molecule has 0 aromatic heterocycles. The number of carbonyl (C=O) groups excluding carboxylic acids is 1. The van der Waals surface area contributed by atoms with E-state index in [-0.39, 0.29) is 16.9 Å². The maximum Gasteiger partial charge on any atom is 0.256 e. The van der Waals surface area contributed by atoms with Crippen LogP contribution < -0.4 is 0 Å². The first-order valence-electron chi connectivity index (χ1n) is 9.84. The van der Waals surface area contributed by atoms with Gasteiger partial charge in [0.2, 0.25) is 0 Å². The summed E-state index contributed by atoms with van der Waals surface area (Å²) in [5.41, 5.74) is 1.85. The van der Waals surface area contributed by atoms with E-state index in [0.29, 0.717) is 19.0 Å². The van der Waals surface area contributed by atoms with Gasteiger partial charge in [0.1, 0.15) is 5.82 Å². The van der Waals surface area contributed by atoms with Crippen LogP contribution in [0.4, 0.5) is 4.39 Å². The first-order valence-corrected chi connectivity index (χ1v) is 9.84. The number of hydrogen-bond donors (Lipinski definition) is 0. The quantitative estimate of drug-likeness (QED) is 0.796. The summed E-state index contributed by atoms with van der Waals surface area (Å²) >= 11 is 0. The van der Waals surface area contributed by atoms with Crippen LogP contribution in [0.3, 0.4) is 0 Å². The number of rotatable bonds is 2. The number of hydrogen-bond acceptors (Lipinski definition) is 2. The van der Waals surface area contributed by atoms with E-state index in [1.165, 1.54) is 18.1 Å². The predicted molar refractivity (Wildman–Crippen MR) is 105 cm³/mol. The fourth-order valence-electron chi connectivity index (χ4n) is 4.96. The molecule has 4 heteroatoms. The van der Waals surface area contributed by atoms with E-state index in [9.17, 15) is 9.18 Å². The molecule has 0 aliphatic carbocycles. The molecule has 2 aromatic rings. The highest BCUT2D eigenvalue weighted by Gasteiger charge is 2.42. The van der Waals surface area contributed by atoms with Gasteiger partial charge in [-0.1, -0.05) is 42.5 Å². The van der Waals surface area contributed by atoms with Crippen LogP contribution in [0.1, 0.15) is 41.1 Å². The standard InChI is InChI=1S/C23H27FN2O/c1-25-16-19(18-7-3-2-4-8-18)15-23(17-25)11-13-26(14-12-23)22(27)20-9-5-6-10-21(20)24/h2-10,19H,11-17H2,1H3/t19-/m1/s1. The Morgan fingerprint density at radius 3 is 2.41 bits per heavy atom. The fourth-order valence-corrected chi connectivity index (χ4v) is 4.96. The Balaban J connectivity index is 1.46. The molecule has 2 saturated heterocycles. The van der Waals surface area contributed by atoms with Gasteiger partial charge in [-0.3, -0.25) is 4.79 Å². The van der Waals surface area contributed by atoms with Crippen LogP contribution in [0.5, 0.6) is 0 Å². The number of amides is 1. The zero-order valence-corrected chi connectivity index (χ0v) is 15.9. The molecular weight excluding hydrogens is 339 g/mol. The van der Waals surface area contributed by atoms with E-state index in [0.717, 1.165) is 25.9 Å². The van der Waals surface area contributed by atoms with Crippen molar-refractivity contribution in [3.05, 3.63) is 71.5 Å². The third-order valence-electron chi connectivity index (χ3n) is 6.30. The van der Waals surface area contributed by atoms with Gasteiger partial charge in [0.25, 0.3) is 5.91 Å². The number of halogens is 1. The summed E-state index contributed by atoms with van der Waals surface area (Å²) in [6.07, 6.45) is 3.14. The average molecular weight is 366 g/mol. The lowest BCUT2D eigenvalue weighted by Crippen LogP contribution is -2.51. The molecular formula is C23H27FN2O. The lowest BCUT2D eigenvalue weighted by atomic mass is 9.68. The molecule has 2 aliphatic heterocycles. The third-order valence-corrected chi connectivity index (χ3v) is 6.30. The van der Waals surface area contributed by atoms with Crippen LogP contribution in [0, 0.1) is 11.2 Å². The summed E-state index contributed by atoms with van der Waals surface area (Å²) < 4.78 is 14.0. The number of piperidine rings is 2. The molecule has 0 bridgehead atoms. The topological polar surface area (TPSA) is 23.6 Å². The minimum atomic E-state index is -0.427. The summed E-state index contributed by atoms with van der Waals surface area (Å²) in [5.74, 6) is -0.0604. The van der Waals surface area contributed by atoms with Crippen LogP contribution >= 0.6 is 0 Å². The van der Waals surface area contributed by atoms with Crippen LogP contribution in [0.15, 0.2) is 54.6 Å². The van der Waals surface area contributed by atoms with Gasteiger partial charge in [0.15, 0.2) is 0 Å². The lowest BCUT2D eigenvalue weighted by Gasteiger charge is -2.49. The van der Waals surface area contributed by atoms with Crippen molar-refractivity contribution in [2.75, 3.05) is 33.2 Å². The van der Waals surface area contributed by atoms with E-state index >= 15 is 0 Å². The molecule has 27 heavy (non-hydrogen) atoms. The Bertz CT molecular complexity index is 799. The Labute approximate surface area is 160 Å². The van der Waals surface area contributed by atoms with Gasteiger partial charge in [-0.15, -0.1) is 0 Å². The van der Waals surface area contributed by atoms with Crippen LogP contribution in [0.2, 0.25) is 0 Å². The van der Waals surface area contributed by atoms with E-state index in [2.05, 4.69) is 42.3 Å². The van der Waals surface area contributed by atoms with E-state index < -0.39 is 5.82 Å². The molecule has 0 unspecified atom stereocenters. The summed E-state index contributed by atoms with van der Waals surface area (Å²) in [5, 5.41) is 0. The molecule has 142 valence electrons. The van der Waals surface area contributed by atoms with Gasteiger partial charge < -0.3 is 9.80 Å². The smallest absolute Gasteiger partial charge is 0.256 e. The number of likely N-dealkylation sites (tertiary alicyclic amines) is 2. The summed E-state index contributed by atoms with van der Waals surface area (Å²) in [4.78, 5) is 17.0. The van der Waals surface area contributed by atoms with Gasteiger partial charge in [-0.05, 0) is 55.3 Å². The molecule has 2 heterocycles. The Hall–Kier alpha value is -2.20. The van der Waals surface area contributed by atoms with Crippen molar-refractivity contribution in [3.8, 4) is 0 Å². The van der Waals surface area contributed by atoms with E-state index in [1.807, 2.05) is 4.90 Å². The number of likely N-dealkylation sites (N-methyl/N-ethyl adjacent to an activating group) is 1. The monoisotopic (exact) mass is 366 g/mol. The van der Waals surface area contributed by atoms with Crippen molar-refractivity contribution in [3.63, 3.8) is 0 Å². The highest BCUT2D eigenvalue weighted by Crippen LogP contribution is 2.44. The predicted octanol–water partition coefficient (Wildman–Crippen LogP) is 4.17. The van der Waals surface area contributed by atoms with Crippen molar-refractivity contribution < 1.29 is 9.18 Å². The van der Waals surface area contributed by atoms with Gasteiger partial charge >= 0.3 is 0 Å². The van der Waals surface area contributed by atoms with Crippen molar-refractivity contribution in [1.82, 2.24) is 9.80 Å². The molecule has 3 nitrogen and oxygen atoms in total. The Morgan fingerprint density at radius 2 is 1.70 bits per heavy atom. The SMILES string of the molecule is CN1C[C@H](c2ccccc2)CC2(CCN(C(=O)c3ccccc3F)CC2)C1. The summed E-state index contributed by atoms with van der Waals surface area (Å²) in [6.45, 7) is 3.59. The summed E-state index contributed by atoms with van der Waals surface area (Å²) in [6, 6.07) is 17.1. The second-order valence-electron chi connectivity index (χ2n) is 8.28. The molecule has 2 aliphatic rings. The molecule has 1 atom stereocenters. The van der Waals surface area contributed by atoms with Gasteiger partial charge in [0, 0.05) is 26.2 Å². The molecule has 1 amide bonds. The van der Waals surface area contributed by atoms with Crippen molar-refractivity contribution in [1.29, 1.82) is 0 Å². The second kappa shape index (κ2) is 7.43. The van der Waals surface area contributed by atoms with Crippen LogP contribution in [0.25, 0.3) is 0 Å². The number of benzene rings is 2. The lowest BCUT2D eigenvalue weighted by molar-refractivity contribution is 0.0222.